The highest BCUT2D eigenvalue weighted by Crippen LogP contribution is 2.17. The fraction of sp³-hybridized carbons (Fsp3) is 0.235. The lowest BCUT2D eigenvalue weighted by molar-refractivity contribution is 0.474. The monoisotopic (exact) mass is 253 g/mol. The van der Waals surface area contributed by atoms with Crippen molar-refractivity contribution in [2.24, 2.45) is 4.99 Å². The highest BCUT2D eigenvalue weighted by atomic mass is 16.3. The number of unbranched alkanes of at least 4 members (excludes halogenated alkanes) is 1. The Morgan fingerprint density at radius 3 is 2.47 bits per heavy atom. The Morgan fingerprint density at radius 2 is 1.79 bits per heavy atom. The molecular formula is C17H19NO. The van der Waals surface area contributed by atoms with Crippen LogP contribution in [-0.2, 0) is 6.42 Å². The number of benzene rings is 2. The van der Waals surface area contributed by atoms with E-state index in [0.717, 1.165) is 17.7 Å². The van der Waals surface area contributed by atoms with E-state index in [1.165, 1.54) is 18.4 Å². The largest absolute Gasteiger partial charge is 0.507 e. The molecule has 1 N–H and O–H groups in total. The Labute approximate surface area is 114 Å². The zero-order valence-electron chi connectivity index (χ0n) is 11.2. The van der Waals surface area contributed by atoms with E-state index in [2.05, 4.69) is 24.0 Å². The molecule has 0 spiro atoms. The normalized spacial score (nSPS) is 11.0. The Hall–Kier alpha value is -2.09. The summed E-state index contributed by atoms with van der Waals surface area (Å²) in [5.74, 6) is 0.255. The first-order valence-corrected chi connectivity index (χ1v) is 6.70. The van der Waals surface area contributed by atoms with Crippen LogP contribution >= 0.6 is 0 Å². The molecule has 0 unspecified atom stereocenters. The molecule has 0 saturated carbocycles. The molecule has 0 heterocycles. The minimum atomic E-state index is 0.255. The summed E-state index contributed by atoms with van der Waals surface area (Å²) < 4.78 is 0. The van der Waals surface area contributed by atoms with E-state index in [-0.39, 0.29) is 5.75 Å². The van der Waals surface area contributed by atoms with Gasteiger partial charge in [-0.3, -0.25) is 4.99 Å². The van der Waals surface area contributed by atoms with Gasteiger partial charge in [-0.25, -0.2) is 0 Å². The molecule has 98 valence electrons. The van der Waals surface area contributed by atoms with Crippen LogP contribution in [0.1, 0.15) is 30.9 Å². The van der Waals surface area contributed by atoms with Crippen molar-refractivity contribution in [2.75, 3.05) is 0 Å². The third kappa shape index (κ3) is 3.95. The van der Waals surface area contributed by atoms with Crippen molar-refractivity contribution in [2.45, 2.75) is 26.2 Å². The molecule has 0 aromatic heterocycles. The van der Waals surface area contributed by atoms with Crippen molar-refractivity contribution < 1.29 is 5.11 Å². The van der Waals surface area contributed by atoms with E-state index < -0.39 is 0 Å². The SMILES string of the molecule is CCCCc1ccc(N=Cc2ccccc2O)cc1. The van der Waals surface area contributed by atoms with Crippen molar-refractivity contribution in [1.82, 2.24) is 0 Å². The summed E-state index contributed by atoms with van der Waals surface area (Å²) in [6, 6.07) is 15.5. The van der Waals surface area contributed by atoms with Crippen molar-refractivity contribution >= 4 is 11.9 Å². The van der Waals surface area contributed by atoms with Crippen LogP contribution in [0, 0.1) is 0 Å². The van der Waals surface area contributed by atoms with E-state index in [1.54, 1.807) is 18.3 Å². The Kier molecular flexibility index (Phi) is 4.73. The summed E-state index contributed by atoms with van der Waals surface area (Å²) in [4.78, 5) is 4.37. The number of para-hydroxylation sites is 1. The number of nitrogens with zero attached hydrogens (tertiary/aromatic N) is 1. The zero-order chi connectivity index (χ0) is 13.5. The number of hydrogen-bond donors (Lipinski definition) is 1. The molecule has 0 aliphatic rings. The van der Waals surface area contributed by atoms with Crippen LogP contribution in [0.15, 0.2) is 53.5 Å². The van der Waals surface area contributed by atoms with Gasteiger partial charge in [0, 0.05) is 11.8 Å². The van der Waals surface area contributed by atoms with Gasteiger partial charge in [0.15, 0.2) is 0 Å². The topological polar surface area (TPSA) is 32.6 Å². The molecular weight excluding hydrogens is 234 g/mol. The number of hydrogen-bond acceptors (Lipinski definition) is 2. The van der Waals surface area contributed by atoms with Crippen LogP contribution in [0.25, 0.3) is 0 Å². The van der Waals surface area contributed by atoms with Gasteiger partial charge in [-0.1, -0.05) is 37.6 Å². The van der Waals surface area contributed by atoms with Gasteiger partial charge < -0.3 is 5.11 Å². The van der Waals surface area contributed by atoms with Crippen LogP contribution in [0.2, 0.25) is 0 Å². The number of aliphatic imine (C=N–C) groups is 1. The lowest BCUT2D eigenvalue weighted by atomic mass is 10.1. The Bertz CT molecular complexity index is 543. The van der Waals surface area contributed by atoms with Gasteiger partial charge in [0.25, 0.3) is 0 Å². The first kappa shape index (κ1) is 13.3. The lowest BCUT2D eigenvalue weighted by Crippen LogP contribution is -1.83. The Balaban J connectivity index is 2.05. The molecule has 2 aromatic rings. The van der Waals surface area contributed by atoms with Crippen molar-refractivity contribution in [1.29, 1.82) is 0 Å². The van der Waals surface area contributed by atoms with Crippen LogP contribution < -0.4 is 0 Å². The molecule has 2 heteroatoms. The molecule has 0 aliphatic heterocycles. The summed E-state index contributed by atoms with van der Waals surface area (Å²) in [6.07, 6.45) is 5.25. The fourth-order valence-electron chi connectivity index (χ4n) is 1.87. The summed E-state index contributed by atoms with van der Waals surface area (Å²) in [6.45, 7) is 2.20. The van der Waals surface area contributed by atoms with Gasteiger partial charge in [-0.05, 0) is 42.7 Å². The molecule has 19 heavy (non-hydrogen) atoms. The average molecular weight is 253 g/mol. The Morgan fingerprint density at radius 1 is 1.05 bits per heavy atom. The van der Waals surface area contributed by atoms with Crippen LogP contribution in [0.4, 0.5) is 5.69 Å². The van der Waals surface area contributed by atoms with E-state index in [1.807, 2.05) is 24.3 Å². The van der Waals surface area contributed by atoms with Gasteiger partial charge in [0.2, 0.25) is 0 Å². The van der Waals surface area contributed by atoms with E-state index in [0.29, 0.717) is 0 Å². The molecule has 0 bridgehead atoms. The van der Waals surface area contributed by atoms with Crippen LogP contribution in [0.3, 0.4) is 0 Å². The van der Waals surface area contributed by atoms with Crippen molar-refractivity contribution in [3.05, 3.63) is 59.7 Å². The van der Waals surface area contributed by atoms with Gasteiger partial charge in [0.1, 0.15) is 5.75 Å². The first-order chi connectivity index (χ1) is 9.29. The summed E-state index contributed by atoms with van der Waals surface area (Å²) >= 11 is 0. The standard InChI is InChI=1S/C17H19NO/c1-2-3-6-14-9-11-16(12-10-14)18-13-15-7-4-5-8-17(15)19/h4-5,7-13,19H,2-3,6H2,1H3. The van der Waals surface area contributed by atoms with Gasteiger partial charge in [-0.2, -0.15) is 0 Å². The molecule has 0 amide bonds. The first-order valence-electron chi connectivity index (χ1n) is 6.70. The summed E-state index contributed by atoms with van der Waals surface area (Å²) in [5, 5.41) is 9.64. The minimum Gasteiger partial charge on any atom is -0.507 e. The van der Waals surface area contributed by atoms with Crippen molar-refractivity contribution in [3.63, 3.8) is 0 Å². The zero-order valence-corrected chi connectivity index (χ0v) is 11.2. The minimum absolute atomic E-state index is 0.255. The molecule has 2 aromatic carbocycles. The quantitative estimate of drug-likeness (QED) is 0.783. The maximum Gasteiger partial charge on any atom is 0.124 e. The molecule has 0 aliphatic carbocycles. The van der Waals surface area contributed by atoms with Gasteiger partial charge in [-0.15, -0.1) is 0 Å². The second-order valence-corrected chi connectivity index (χ2v) is 4.59. The smallest absolute Gasteiger partial charge is 0.124 e. The summed E-state index contributed by atoms with van der Waals surface area (Å²) in [7, 11) is 0. The molecule has 2 nitrogen and oxygen atoms in total. The molecule has 0 radical (unpaired) electrons. The molecule has 2 rings (SSSR count). The average Bonchev–Trinajstić information content (AvgIpc) is 2.45. The van der Waals surface area contributed by atoms with Crippen LogP contribution in [0.5, 0.6) is 5.75 Å². The van der Waals surface area contributed by atoms with Crippen molar-refractivity contribution in [3.8, 4) is 5.75 Å². The molecule has 0 fully saturated rings. The number of phenols is 1. The highest BCUT2D eigenvalue weighted by Gasteiger charge is 1.96. The summed E-state index contributed by atoms with van der Waals surface area (Å²) in [5.41, 5.74) is 2.99. The maximum atomic E-state index is 9.64. The predicted octanol–water partition coefficient (Wildman–Crippen LogP) is 4.49. The molecule has 0 atom stereocenters. The van der Waals surface area contributed by atoms with Crippen LogP contribution in [-0.4, -0.2) is 11.3 Å². The third-order valence-corrected chi connectivity index (χ3v) is 3.04. The number of phenolic OH excluding ortho intramolecular Hbond substituents is 1. The molecule has 0 saturated heterocycles. The van der Waals surface area contributed by atoms with Gasteiger partial charge in [0.05, 0.1) is 5.69 Å². The highest BCUT2D eigenvalue weighted by molar-refractivity contribution is 5.85. The number of rotatable bonds is 5. The second kappa shape index (κ2) is 6.74. The second-order valence-electron chi connectivity index (χ2n) is 4.59. The number of aromatic hydroxyl groups is 1. The van der Waals surface area contributed by atoms with E-state index >= 15 is 0 Å². The van der Waals surface area contributed by atoms with Gasteiger partial charge >= 0.3 is 0 Å². The predicted molar refractivity (Wildman–Crippen MR) is 80.4 cm³/mol. The number of aryl methyl sites for hydroxylation is 1. The third-order valence-electron chi connectivity index (χ3n) is 3.04. The van der Waals surface area contributed by atoms with E-state index in [9.17, 15) is 5.11 Å². The van der Waals surface area contributed by atoms with E-state index in [4.69, 9.17) is 0 Å². The lowest BCUT2D eigenvalue weighted by Gasteiger charge is -2.00. The maximum absolute atomic E-state index is 9.64. The fourth-order valence-corrected chi connectivity index (χ4v) is 1.87.